The zero-order chi connectivity index (χ0) is 24.6. The quantitative estimate of drug-likeness (QED) is 0.382. The Labute approximate surface area is 208 Å². The Hall–Kier alpha value is -3.24. The number of aromatic nitrogens is 2. The van der Waals surface area contributed by atoms with Crippen LogP contribution in [0.5, 0.6) is 0 Å². The highest BCUT2D eigenvalue weighted by molar-refractivity contribution is 5.61. The third-order valence-corrected chi connectivity index (χ3v) is 6.32. The molecule has 0 spiro atoms. The van der Waals surface area contributed by atoms with Crippen molar-refractivity contribution < 1.29 is 9.84 Å². The Morgan fingerprint density at radius 3 is 2.51 bits per heavy atom. The molecule has 6 nitrogen and oxygen atoms in total. The number of hydrogen-bond donors (Lipinski definition) is 1. The van der Waals surface area contributed by atoms with Crippen molar-refractivity contribution in [3.63, 3.8) is 0 Å². The Morgan fingerprint density at radius 1 is 1.03 bits per heavy atom. The van der Waals surface area contributed by atoms with Crippen molar-refractivity contribution in [2.75, 3.05) is 50.8 Å². The summed E-state index contributed by atoms with van der Waals surface area (Å²) >= 11 is 0. The fourth-order valence-corrected chi connectivity index (χ4v) is 4.54. The summed E-state index contributed by atoms with van der Waals surface area (Å²) in [4.78, 5) is 14.6. The van der Waals surface area contributed by atoms with Gasteiger partial charge in [-0.15, -0.1) is 6.42 Å². The summed E-state index contributed by atoms with van der Waals surface area (Å²) in [7, 11) is 0. The molecule has 1 N–H and O–H groups in total. The van der Waals surface area contributed by atoms with Crippen molar-refractivity contribution in [1.29, 1.82) is 0 Å². The van der Waals surface area contributed by atoms with Crippen LogP contribution < -0.4 is 4.90 Å². The number of anilines is 1. The minimum absolute atomic E-state index is 0.228. The van der Waals surface area contributed by atoms with Gasteiger partial charge in [-0.3, -0.25) is 4.90 Å². The van der Waals surface area contributed by atoms with E-state index >= 15 is 0 Å². The second kappa shape index (κ2) is 11.9. The molecule has 0 amide bonds. The third-order valence-electron chi connectivity index (χ3n) is 6.32. The van der Waals surface area contributed by atoms with E-state index in [2.05, 4.69) is 66.0 Å². The highest BCUT2D eigenvalue weighted by Gasteiger charge is 2.24. The second-order valence-electron chi connectivity index (χ2n) is 9.13. The first-order valence-electron chi connectivity index (χ1n) is 12.2. The molecule has 1 unspecified atom stereocenters. The molecule has 1 aliphatic heterocycles. The van der Waals surface area contributed by atoms with E-state index in [1.165, 1.54) is 16.7 Å². The summed E-state index contributed by atoms with van der Waals surface area (Å²) in [5, 5.41) is 10.3. The van der Waals surface area contributed by atoms with Crippen LogP contribution in [0.4, 0.5) is 5.82 Å². The van der Waals surface area contributed by atoms with Crippen LogP contribution in [0.25, 0.3) is 11.4 Å². The first kappa shape index (κ1) is 24.9. The largest absolute Gasteiger partial charge is 0.389 e. The van der Waals surface area contributed by atoms with E-state index in [1.807, 2.05) is 18.2 Å². The number of benzene rings is 2. The molecule has 3 aromatic rings. The molecule has 6 heteroatoms. The lowest BCUT2D eigenvalue weighted by Gasteiger charge is -2.37. The molecule has 2 aromatic carbocycles. The van der Waals surface area contributed by atoms with Crippen LogP contribution in [-0.2, 0) is 11.2 Å². The van der Waals surface area contributed by atoms with Gasteiger partial charge in [-0.2, -0.15) is 0 Å². The highest BCUT2D eigenvalue weighted by Crippen LogP contribution is 2.28. The van der Waals surface area contributed by atoms with Crippen LogP contribution in [0.15, 0.2) is 54.6 Å². The fraction of sp³-hybridized carbons (Fsp3) is 0.379. The molecule has 0 aliphatic carbocycles. The fourth-order valence-electron chi connectivity index (χ4n) is 4.54. The zero-order valence-corrected chi connectivity index (χ0v) is 20.7. The van der Waals surface area contributed by atoms with Crippen LogP contribution in [0.3, 0.4) is 0 Å². The van der Waals surface area contributed by atoms with E-state index in [9.17, 15) is 5.11 Å². The van der Waals surface area contributed by atoms with Crippen molar-refractivity contribution in [2.24, 2.45) is 0 Å². The lowest BCUT2D eigenvalue weighted by Crippen LogP contribution is -2.49. The van der Waals surface area contributed by atoms with Gasteiger partial charge in [0.2, 0.25) is 0 Å². The zero-order valence-electron chi connectivity index (χ0n) is 20.7. The predicted molar refractivity (Wildman–Crippen MR) is 141 cm³/mol. The van der Waals surface area contributed by atoms with E-state index in [4.69, 9.17) is 21.1 Å². The molecule has 0 saturated carbocycles. The van der Waals surface area contributed by atoms with Gasteiger partial charge < -0.3 is 14.7 Å². The molecule has 4 rings (SSSR count). The third kappa shape index (κ3) is 6.67. The first-order chi connectivity index (χ1) is 17.0. The first-order valence-corrected chi connectivity index (χ1v) is 12.2. The summed E-state index contributed by atoms with van der Waals surface area (Å²) < 4.78 is 5.29. The van der Waals surface area contributed by atoms with Crippen LogP contribution in [0, 0.1) is 26.2 Å². The molecule has 35 heavy (non-hydrogen) atoms. The van der Waals surface area contributed by atoms with Gasteiger partial charge in [0.05, 0.1) is 12.7 Å². The number of nitrogens with zero attached hydrogens (tertiary/aromatic N) is 4. The highest BCUT2D eigenvalue weighted by atomic mass is 16.5. The lowest BCUT2D eigenvalue weighted by atomic mass is 10.0. The SMILES string of the molecule is C#CCOCC(O)CN1CCN(c2nc(-c3ccccc3)nc(C)c2Cc2cccc(C)c2)CC1. The number of aliphatic hydroxyl groups is 1. The number of hydrogen-bond acceptors (Lipinski definition) is 6. The lowest BCUT2D eigenvalue weighted by molar-refractivity contribution is 0.0267. The van der Waals surface area contributed by atoms with Crippen molar-refractivity contribution in [2.45, 2.75) is 26.4 Å². The average molecular weight is 471 g/mol. The number of β-amino-alcohol motifs (C(OH)–C–C–N with tert-alkyl or cyclic N) is 1. The molecular weight excluding hydrogens is 436 g/mol. The van der Waals surface area contributed by atoms with Crippen molar-refractivity contribution in [1.82, 2.24) is 14.9 Å². The molecule has 1 aromatic heterocycles. The minimum Gasteiger partial charge on any atom is -0.389 e. The van der Waals surface area contributed by atoms with E-state index < -0.39 is 6.10 Å². The maximum Gasteiger partial charge on any atom is 0.161 e. The molecular formula is C29H34N4O2. The summed E-state index contributed by atoms with van der Waals surface area (Å²) in [5.41, 5.74) is 5.72. The Kier molecular flexibility index (Phi) is 8.49. The maximum atomic E-state index is 10.3. The summed E-state index contributed by atoms with van der Waals surface area (Å²) in [6, 6.07) is 18.8. The van der Waals surface area contributed by atoms with Gasteiger partial charge in [0.1, 0.15) is 12.4 Å². The van der Waals surface area contributed by atoms with Crippen LogP contribution >= 0.6 is 0 Å². The molecule has 1 atom stereocenters. The normalized spacial score (nSPS) is 15.1. The van der Waals surface area contributed by atoms with E-state index in [-0.39, 0.29) is 13.2 Å². The molecule has 0 radical (unpaired) electrons. The van der Waals surface area contributed by atoms with E-state index in [0.717, 1.165) is 55.5 Å². The van der Waals surface area contributed by atoms with Gasteiger partial charge in [0.15, 0.2) is 5.82 Å². The summed E-state index contributed by atoms with van der Waals surface area (Å²) in [5.74, 6) is 4.20. The second-order valence-corrected chi connectivity index (χ2v) is 9.13. The van der Waals surface area contributed by atoms with Crippen LogP contribution in [0.1, 0.15) is 22.4 Å². The van der Waals surface area contributed by atoms with E-state index in [1.54, 1.807) is 0 Å². The number of ether oxygens (including phenoxy) is 1. The minimum atomic E-state index is -0.544. The molecule has 1 fully saturated rings. The van der Waals surface area contributed by atoms with E-state index in [0.29, 0.717) is 6.54 Å². The maximum absolute atomic E-state index is 10.3. The molecule has 2 heterocycles. The summed E-state index contributed by atoms with van der Waals surface area (Å²) in [6.07, 6.45) is 5.46. The number of aryl methyl sites for hydroxylation is 2. The van der Waals surface area contributed by atoms with Crippen molar-refractivity contribution >= 4 is 5.82 Å². The van der Waals surface area contributed by atoms with Gasteiger partial charge in [-0.25, -0.2) is 9.97 Å². The standard InChI is InChI=1S/C29H34N4O2/c1-4-17-35-21-26(34)20-32-13-15-33(16-14-32)29-27(19-24-10-8-9-22(2)18-24)23(3)30-28(31-29)25-11-6-5-7-12-25/h1,5-12,18,26,34H,13-17,19-21H2,2-3H3. The van der Waals surface area contributed by atoms with Crippen LogP contribution in [0.2, 0.25) is 0 Å². The Bertz CT molecular complexity index is 1150. The van der Waals surface area contributed by atoms with Crippen molar-refractivity contribution in [3.05, 3.63) is 77.0 Å². The number of terminal acetylenes is 1. The molecule has 0 bridgehead atoms. The number of aliphatic hydroxyl groups excluding tert-OH is 1. The smallest absolute Gasteiger partial charge is 0.161 e. The monoisotopic (exact) mass is 470 g/mol. The van der Waals surface area contributed by atoms with Crippen LogP contribution in [-0.4, -0.2) is 72.0 Å². The Balaban J connectivity index is 1.55. The van der Waals surface area contributed by atoms with Gasteiger partial charge in [-0.05, 0) is 19.4 Å². The Morgan fingerprint density at radius 2 is 1.80 bits per heavy atom. The van der Waals surface area contributed by atoms with Gasteiger partial charge in [-0.1, -0.05) is 66.1 Å². The predicted octanol–water partition coefficient (Wildman–Crippen LogP) is 3.48. The average Bonchev–Trinajstić information content (AvgIpc) is 2.86. The summed E-state index contributed by atoms with van der Waals surface area (Å²) in [6.45, 7) is 8.64. The van der Waals surface area contributed by atoms with Gasteiger partial charge in [0.25, 0.3) is 0 Å². The number of rotatable bonds is 9. The van der Waals surface area contributed by atoms with Crippen molar-refractivity contribution in [3.8, 4) is 23.7 Å². The van der Waals surface area contributed by atoms with Gasteiger partial charge in [0, 0.05) is 56.0 Å². The molecule has 182 valence electrons. The number of piperazine rings is 1. The molecule has 1 saturated heterocycles. The van der Waals surface area contributed by atoms with Gasteiger partial charge >= 0.3 is 0 Å². The molecule has 1 aliphatic rings. The topological polar surface area (TPSA) is 61.7 Å².